The van der Waals surface area contributed by atoms with Gasteiger partial charge in [-0.15, -0.1) is 12.4 Å². The lowest BCUT2D eigenvalue weighted by Crippen LogP contribution is -2.35. The van der Waals surface area contributed by atoms with E-state index in [9.17, 15) is 4.79 Å². The number of likely N-dealkylation sites (N-methyl/N-ethyl adjacent to an activating group) is 1. The van der Waals surface area contributed by atoms with Crippen molar-refractivity contribution in [1.29, 1.82) is 0 Å². The molecule has 0 spiro atoms. The molecule has 3 heterocycles. The van der Waals surface area contributed by atoms with Gasteiger partial charge in [-0.2, -0.15) is 5.10 Å². The first kappa shape index (κ1) is 16.8. The predicted molar refractivity (Wildman–Crippen MR) is 95.7 cm³/mol. The van der Waals surface area contributed by atoms with Crippen LogP contribution in [0.15, 0.2) is 24.3 Å². The van der Waals surface area contributed by atoms with Gasteiger partial charge in [0.25, 0.3) is 5.91 Å². The summed E-state index contributed by atoms with van der Waals surface area (Å²) in [7, 11) is 2.08. The number of H-pyrrole nitrogens is 1. The molecule has 2 aromatic rings. The van der Waals surface area contributed by atoms with E-state index in [1.54, 1.807) is 0 Å². The van der Waals surface area contributed by atoms with E-state index in [0.717, 1.165) is 37.3 Å². The number of aromatic amines is 1. The van der Waals surface area contributed by atoms with Gasteiger partial charge >= 0.3 is 0 Å². The van der Waals surface area contributed by atoms with Gasteiger partial charge in [-0.1, -0.05) is 18.2 Å². The summed E-state index contributed by atoms with van der Waals surface area (Å²) in [6.07, 6.45) is 0.904. The third-order valence-corrected chi connectivity index (χ3v) is 4.77. The molecule has 0 saturated heterocycles. The lowest BCUT2D eigenvalue weighted by atomic mass is 10.1. The van der Waals surface area contributed by atoms with Crippen LogP contribution in [0.4, 0.5) is 5.69 Å². The van der Waals surface area contributed by atoms with Crippen LogP contribution in [-0.2, 0) is 19.5 Å². The summed E-state index contributed by atoms with van der Waals surface area (Å²) < 4.78 is 0. The summed E-state index contributed by atoms with van der Waals surface area (Å²) >= 11 is 0. The van der Waals surface area contributed by atoms with Crippen molar-refractivity contribution in [3.8, 4) is 0 Å². The Morgan fingerprint density at radius 1 is 1.25 bits per heavy atom. The Morgan fingerprint density at radius 3 is 2.96 bits per heavy atom. The molecule has 1 amide bonds. The summed E-state index contributed by atoms with van der Waals surface area (Å²) in [5.74, 6) is 0.0244. The fraction of sp³-hybridized carbons (Fsp3) is 0.412. The van der Waals surface area contributed by atoms with Gasteiger partial charge in [-0.3, -0.25) is 9.89 Å². The maximum Gasteiger partial charge on any atom is 0.275 e. The third-order valence-electron chi connectivity index (χ3n) is 4.77. The minimum atomic E-state index is 0. The van der Waals surface area contributed by atoms with Crippen LogP contribution in [0, 0.1) is 0 Å². The van der Waals surface area contributed by atoms with Crippen LogP contribution in [0.2, 0.25) is 0 Å². The molecule has 24 heavy (non-hydrogen) atoms. The van der Waals surface area contributed by atoms with Crippen LogP contribution in [0.1, 0.15) is 27.3 Å². The van der Waals surface area contributed by atoms with Gasteiger partial charge in [0.15, 0.2) is 5.69 Å². The highest BCUT2D eigenvalue weighted by Crippen LogP contribution is 2.25. The summed E-state index contributed by atoms with van der Waals surface area (Å²) in [6, 6.07) is 8.28. The number of anilines is 1. The predicted octanol–water partition coefficient (Wildman–Crippen LogP) is 1.57. The van der Waals surface area contributed by atoms with Crippen LogP contribution >= 0.6 is 12.4 Å². The van der Waals surface area contributed by atoms with Gasteiger partial charge in [0.2, 0.25) is 0 Å². The molecule has 128 valence electrons. The second-order valence-corrected chi connectivity index (χ2v) is 6.23. The highest BCUT2D eigenvalue weighted by molar-refractivity contribution is 5.94. The number of amides is 1. The largest absolute Gasteiger partial charge is 0.373 e. The molecule has 0 atom stereocenters. The van der Waals surface area contributed by atoms with Crippen LogP contribution in [0.25, 0.3) is 0 Å². The zero-order chi connectivity index (χ0) is 15.8. The Balaban J connectivity index is 0.00000169. The van der Waals surface area contributed by atoms with Gasteiger partial charge in [0, 0.05) is 63.1 Å². The van der Waals surface area contributed by atoms with Gasteiger partial charge < -0.3 is 15.1 Å². The van der Waals surface area contributed by atoms with E-state index in [-0.39, 0.29) is 18.3 Å². The summed E-state index contributed by atoms with van der Waals surface area (Å²) in [4.78, 5) is 17.1. The first-order valence-corrected chi connectivity index (χ1v) is 8.09. The molecule has 2 aliphatic heterocycles. The van der Waals surface area contributed by atoms with Crippen molar-refractivity contribution < 1.29 is 4.79 Å². The minimum Gasteiger partial charge on any atom is -0.373 e. The standard InChI is InChI=1S/C17H21N5O.ClH/c1-21-8-9-22(11-12-4-2-3-5-15(12)21)17(23)16-13-10-18-7-6-14(13)19-20-16;/h2-5,18H,6-11H2,1H3,(H,19,20);1H. The number of carbonyl (C=O) groups excluding carboxylic acids is 1. The van der Waals surface area contributed by atoms with Crippen molar-refractivity contribution in [2.45, 2.75) is 19.5 Å². The number of nitrogens with one attached hydrogen (secondary N) is 2. The van der Waals surface area contributed by atoms with Crippen LogP contribution < -0.4 is 10.2 Å². The number of halogens is 1. The molecule has 7 heteroatoms. The lowest BCUT2D eigenvalue weighted by Gasteiger charge is -2.21. The van der Waals surface area contributed by atoms with E-state index >= 15 is 0 Å². The Kier molecular flexibility index (Phi) is 4.78. The van der Waals surface area contributed by atoms with Gasteiger partial charge in [-0.25, -0.2) is 0 Å². The van der Waals surface area contributed by atoms with Gasteiger partial charge in [0.05, 0.1) is 0 Å². The molecule has 0 bridgehead atoms. The number of nitrogens with zero attached hydrogens (tertiary/aromatic N) is 3. The van der Waals surface area contributed by atoms with Crippen molar-refractivity contribution >= 4 is 24.0 Å². The normalized spacial score (nSPS) is 16.7. The molecule has 6 nitrogen and oxygen atoms in total. The molecule has 0 radical (unpaired) electrons. The number of rotatable bonds is 1. The number of hydrogen-bond acceptors (Lipinski definition) is 4. The quantitative estimate of drug-likeness (QED) is 0.822. The van der Waals surface area contributed by atoms with E-state index in [2.05, 4.69) is 39.6 Å². The molecular formula is C17H22ClN5O. The molecule has 0 fully saturated rings. The van der Waals surface area contributed by atoms with E-state index in [0.29, 0.717) is 18.8 Å². The van der Waals surface area contributed by atoms with E-state index < -0.39 is 0 Å². The fourth-order valence-electron chi connectivity index (χ4n) is 3.42. The molecule has 2 aliphatic rings. The minimum absolute atomic E-state index is 0. The number of para-hydroxylation sites is 1. The number of fused-ring (bicyclic) bond motifs is 2. The summed E-state index contributed by atoms with van der Waals surface area (Å²) in [5, 5.41) is 10.7. The van der Waals surface area contributed by atoms with Crippen molar-refractivity contribution in [2.75, 3.05) is 31.6 Å². The van der Waals surface area contributed by atoms with Crippen LogP contribution in [0.5, 0.6) is 0 Å². The summed E-state index contributed by atoms with van der Waals surface area (Å²) in [6.45, 7) is 3.82. The maximum absolute atomic E-state index is 13.0. The Labute approximate surface area is 147 Å². The van der Waals surface area contributed by atoms with Crippen LogP contribution in [-0.4, -0.2) is 47.7 Å². The zero-order valence-electron chi connectivity index (χ0n) is 13.7. The molecule has 1 aromatic carbocycles. The zero-order valence-corrected chi connectivity index (χ0v) is 14.5. The number of hydrogen-bond donors (Lipinski definition) is 2. The first-order chi connectivity index (χ1) is 11.2. The number of aromatic nitrogens is 2. The summed E-state index contributed by atoms with van der Waals surface area (Å²) in [5.41, 5.74) is 5.10. The average molecular weight is 348 g/mol. The molecule has 4 rings (SSSR count). The van der Waals surface area contributed by atoms with Crippen molar-refractivity contribution in [3.05, 3.63) is 46.8 Å². The Bertz CT molecular complexity index is 744. The number of carbonyl (C=O) groups is 1. The molecule has 0 unspecified atom stereocenters. The topological polar surface area (TPSA) is 64.3 Å². The van der Waals surface area contributed by atoms with E-state index in [4.69, 9.17) is 0 Å². The molecule has 2 N–H and O–H groups in total. The second-order valence-electron chi connectivity index (χ2n) is 6.23. The Morgan fingerprint density at radius 2 is 2.08 bits per heavy atom. The third kappa shape index (κ3) is 2.87. The van der Waals surface area contributed by atoms with Crippen LogP contribution in [0.3, 0.4) is 0 Å². The molecule has 0 saturated carbocycles. The van der Waals surface area contributed by atoms with Crippen molar-refractivity contribution in [3.63, 3.8) is 0 Å². The maximum atomic E-state index is 13.0. The van der Waals surface area contributed by atoms with Gasteiger partial charge in [-0.05, 0) is 11.6 Å². The monoisotopic (exact) mass is 347 g/mol. The van der Waals surface area contributed by atoms with E-state index in [1.165, 1.54) is 11.3 Å². The first-order valence-electron chi connectivity index (χ1n) is 8.09. The second kappa shape index (κ2) is 6.83. The molecular weight excluding hydrogens is 326 g/mol. The fourth-order valence-corrected chi connectivity index (χ4v) is 3.42. The average Bonchev–Trinajstić information content (AvgIpc) is 2.94. The highest BCUT2D eigenvalue weighted by Gasteiger charge is 2.27. The number of benzene rings is 1. The van der Waals surface area contributed by atoms with E-state index in [1.807, 2.05) is 17.0 Å². The van der Waals surface area contributed by atoms with Crippen molar-refractivity contribution in [2.24, 2.45) is 0 Å². The Hall–Kier alpha value is -2.05. The van der Waals surface area contributed by atoms with Gasteiger partial charge in [0.1, 0.15) is 0 Å². The smallest absolute Gasteiger partial charge is 0.275 e. The highest BCUT2D eigenvalue weighted by atomic mass is 35.5. The SMILES string of the molecule is CN1CCN(C(=O)c2n[nH]c3c2CNCC3)Cc2ccccc21.Cl. The molecule has 0 aliphatic carbocycles. The lowest BCUT2D eigenvalue weighted by molar-refractivity contribution is 0.0744. The molecule has 1 aromatic heterocycles. The van der Waals surface area contributed by atoms with Crippen molar-refractivity contribution in [1.82, 2.24) is 20.4 Å².